The van der Waals surface area contributed by atoms with Gasteiger partial charge in [0.15, 0.2) is 0 Å². The molecule has 0 saturated carbocycles. The lowest BCUT2D eigenvalue weighted by molar-refractivity contribution is -0.132. The molecule has 0 spiro atoms. The van der Waals surface area contributed by atoms with Crippen LogP contribution < -0.4 is 5.32 Å². The molecule has 1 N–H and O–H groups in total. The van der Waals surface area contributed by atoms with Gasteiger partial charge in [-0.25, -0.2) is 0 Å². The lowest BCUT2D eigenvalue weighted by Crippen LogP contribution is -2.45. The van der Waals surface area contributed by atoms with Crippen LogP contribution in [0.1, 0.15) is 25.7 Å². The Kier molecular flexibility index (Phi) is 4.56. The maximum absolute atomic E-state index is 12.2. The summed E-state index contributed by atoms with van der Waals surface area (Å²) in [6, 6.07) is 2.18. The van der Waals surface area contributed by atoms with Crippen LogP contribution >= 0.6 is 0 Å². The molecule has 5 heteroatoms. The molecule has 2 aliphatic rings. The van der Waals surface area contributed by atoms with Crippen LogP contribution in [-0.2, 0) is 14.3 Å². The summed E-state index contributed by atoms with van der Waals surface area (Å²) in [6.45, 7) is 3.14. The minimum absolute atomic E-state index is 0.140. The molecule has 5 nitrogen and oxygen atoms in total. The molecule has 2 saturated heterocycles. The van der Waals surface area contributed by atoms with Crippen molar-refractivity contribution < 1.29 is 14.3 Å². The number of nitriles is 1. The lowest BCUT2D eigenvalue weighted by Gasteiger charge is -2.30. The maximum Gasteiger partial charge on any atom is 0.240 e. The first-order chi connectivity index (χ1) is 8.77. The van der Waals surface area contributed by atoms with E-state index in [0.29, 0.717) is 45.1 Å². The number of amides is 1. The van der Waals surface area contributed by atoms with Crippen molar-refractivity contribution in [3.63, 3.8) is 0 Å². The normalized spacial score (nSPS) is 27.2. The van der Waals surface area contributed by atoms with Crippen molar-refractivity contribution in [2.75, 3.05) is 33.0 Å². The summed E-state index contributed by atoms with van der Waals surface area (Å²) in [5, 5.41) is 12.2. The SMILES string of the molecule is N#CC1(C(=O)NCC2CCCOC2)CCOCC1. The number of nitrogens with zero attached hydrogens (tertiary/aromatic N) is 1. The molecule has 0 aromatic rings. The zero-order valence-corrected chi connectivity index (χ0v) is 10.6. The highest BCUT2D eigenvalue weighted by Gasteiger charge is 2.40. The van der Waals surface area contributed by atoms with Gasteiger partial charge >= 0.3 is 0 Å². The van der Waals surface area contributed by atoms with Gasteiger partial charge in [0.05, 0.1) is 12.7 Å². The summed E-state index contributed by atoms with van der Waals surface area (Å²) in [7, 11) is 0. The molecule has 0 aromatic carbocycles. The van der Waals surface area contributed by atoms with E-state index in [-0.39, 0.29) is 5.91 Å². The van der Waals surface area contributed by atoms with Gasteiger partial charge in [-0.05, 0) is 31.6 Å². The molecule has 0 bridgehead atoms. The fraction of sp³-hybridized carbons (Fsp3) is 0.846. The van der Waals surface area contributed by atoms with Crippen LogP contribution in [0.2, 0.25) is 0 Å². The standard InChI is InChI=1S/C13H20N2O3/c14-10-13(3-6-17-7-4-13)12(16)15-8-11-2-1-5-18-9-11/h11H,1-9H2,(H,15,16). The van der Waals surface area contributed by atoms with Crippen LogP contribution in [0.25, 0.3) is 0 Å². The first-order valence-corrected chi connectivity index (χ1v) is 6.62. The Bertz CT molecular complexity index is 326. The number of rotatable bonds is 3. The van der Waals surface area contributed by atoms with Crippen molar-refractivity contribution in [1.29, 1.82) is 5.26 Å². The van der Waals surface area contributed by atoms with Gasteiger partial charge in [0.25, 0.3) is 0 Å². The average molecular weight is 252 g/mol. The van der Waals surface area contributed by atoms with Crippen molar-refractivity contribution in [3.8, 4) is 6.07 Å². The molecule has 18 heavy (non-hydrogen) atoms. The summed E-state index contributed by atoms with van der Waals surface area (Å²) >= 11 is 0. The topological polar surface area (TPSA) is 71.4 Å². The summed E-state index contributed by atoms with van der Waals surface area (Å²) in [5.74, 6) is 0.247. The number of nitrogens with one attached hydrogen (secondary N) is 1. The van der Waals surface area contributed by atoms with E-state index >= 15 is 0 Å². The number of hydrogen-bond acceptors (Lipinski definition) is 4. The smallest absolute Gasteiger partial charge is 0.240 e. The van der Waals surface area contributed by atoms with Crippen molar-refractivity contribution >= 4 is 5.91 Å². The van der Waals surface area contributed by atoms with Crippen LogP contribution in [0.3, 0.4) is 0 Å². The highest BCUT2D eigenvalue weighted by molar-refractivity contribution is 5.85. The molecule has 1 atom stereocenters. The zero-order valence-electron chi connectivity index (χ0n) is 10.6. The van der Waals surface area contributed by atoms with Gasteiger partial charge in [-0.2, -0.15) is 5.26 Å². The van der Waals surface area contributed by atoms with Gasteiger partial charge in [0.1, 0.15) is 5.41 Å². The average Bonchev–Trinajstić information content (AvgIpc) is 2.46. The number of hydrogen-bond donors (Lipinski definition) is 1. The number of carbonyl (C=O) groups is 1. The Morgan fingerprint density at radius 1 is 1.33 bits per heavy atom. The Labute approximate surface area is 107 Å². The van der Waals surface area contributed by atoms with Gasteiger partial charge in [0, 0.05) is 26.4 Å². The molecule has 2 rings (SSSR count). The Balaban J connectivity index is 1.84. The third kappa shape index (κ3) is 3.01. The predicted molar refractivity (Wildman–Crippen MR) is 64.7 cm³/mol. The highest BCUT2D eigenvalue weighted by Crippen LogP contribution is 2.30. The zero-order chi connectivity index (χ0) is 12.8. The maximum atomic E-state index is 12.2. The highest BCUT2D eigenvalue weighted by atomic mass is 16.5. The summed E-state index contributed by atoms with van der Waals surface area (Å²) in [6.07, 6.45) is 3.13. The quantitative estimate of drug-likeness (QED) is 0.808. The van der Waals surface area contributed by atoms with Gasteiger partial charge in [-0.1, -0.05) is 0 Å². The van der Waals surface area contributed by atoms with E-state index in [0.717, 1.165) is 19.4 Å². The summed E-state index contributed by atoms with van der Waals surface area (Å²) < 4.78 is 10.6. The second kappa shape index (κ2) is 6.17. The van der Waals surface area contributed by atoms with Crippen LogP contribution in [0.15, 0.2) is 0 Å². The van der Waals surface area contributed by atoms with E-state index < -0.39 is 5.41 Å². The molecule has 0 aliphatic carbocycles. The van der Waals surface area contributed by atoms with E-state index in [1.54, 1.807) is 0 Å². The molecule has 0 radical (unpaired) electrons. The first-order valence-electron chi connectivity index (χ1n) is 6.62. The van der Waals surface area contributed by atoms with Crippen LogP contribution in [0.5, 0.6) is 0 Å². The van der Waals surface area contributed by atoms with Crippen molar-refractivity contribution in [2.45, 2.75) is 25.7 Å². The van der Waals surface area contributed by atoms with Crippen LogP contribution in [0.4, 0.5) is 0 Å². The van der Waals surface area contributed by atoms with E-state index in [2.05, 4.69) is 11.4 Å². The number of carbonyl (C=O) groups excluding carboxylic acids is 1. The van der Waals surface area contributed by atoms with Crippen molar-refractivity contribution in [2.24, 2.45) is 11.3 Å². The minimum Gasteiger partial charge on any atom is -0.381 e. The molecule has 2 heterocycles. The first kappa shape index (κ1) is 13.3. The van der Waals surface area contributed by atoms with Gasteiger partial charge in [-0.15, -0.1) is 0 Å². The molecule has 0 aromatic heterocycles. The van der Waals surface area contributed by atoms with Gasteiger partial charge < -0.3 is 14.8 Å². The molecule has 1 amide bonds. The third-order valence-corrected chi connectivity index (χ3v) is 3.80. The number of ether oxygens (including phenoxy) is 2. The lowest BCUT2D eigenvalue weighted by atomic mass is 9.80. The van der Waals surface area contributed by atoms with Gasteiger partial charge in [0.2, 0.25) is 5.91 Å². The van der Waals surface area contributed by atoms with E-state index in [4.69, 9.17) is 9.47 Å². The Morgan fingerprint density at radius 2 is 2.11 bits per heavy atom. The molecule has 100 valence electrons. The Hall–Kier alpha value is -1.12. The molecule has 2 aliphatic heterocycles. The third-order valence-electron chi connectivity index (χ3n) is 3.80. The largest absolute Gasteiger partial charge is 0.381 e. The molecular weight excluding hydrogens is 232 g/mol. The van der Waals surface area contributed by atoms with E-state index in [1.165, 1.54) is 0 Å². The fourth-order valence-corrected chi connectivity index (χ4v) is 2.48. The van der Waals surface area contributed by atoms with Crippen LogP contribution in [0, 0.1) is 22.7 Å². The molecule has 1 unspecified atom stereocenters. The molecule has 2 fully saturated rings. The predicted octanol–water partition coefficient (Wildman–Crippen LogP) is 0.850. The van der Waals surface area contributed by atoms with Crippen LogP contribution in [-0.4, -0.2) is 38.9 Å². The Morgan fingerprint density at radius 3 is 2.72 bits per heavy atom. The second-order valence-electron chi connectivity index (χ2n) is 5.10. The van der Waals surface area contributed by atoms with E-state index in [9.17, 15) is 10.1 Å². The monoisotopic (exact) mass is 252 g/mol. The summed E-state index contributed by atoms with van der Waals surface area (Å²) in [5.41, 5.74) is -0.881. The summed E-state index contributed by atoms with van der Waals surface area (Å²) in [4.78, 5) is 12.2. The minimum atomic E-state index is -0.881. The van der Waals surface area contributed by atoms with Crippen molar-refractivity contribution in [1.82, 2.24) is 5.32 Å². The van der Waals surface area contributed by atoms with Gasteiger partial charge in [-0.3, -0.25) is 4.79 Å². The molecular formula is C13H20N2O3. The van der Waals surface area contributed by atoms with Crippen molar-refractivity contribution in [3.05, 3.63) is 0 Å². The second-order valence-corrected chi connectivity index (χ2v) is 5.10. The fourth-order valence-electron chi connectivity index (χ4n) is 2.48. The van der Waals surface area contributed by atoms with E-state index in [1.807, 2.05) is 0 Å².